The van der Waals surface area contributed by atoms with Crippen molar-refractivity contribution in [2.24, 2.45) is 5.73 Å². The summed E-state index contributed by atoms with van der Waals surface area (Å²) in [6.07, 6.45) is 0. The number of rotatable bonds is 3. The molecule has 0 saturated heterocycles. The van der Waals surface area contributed by atoms with Gasteiger partial charge >= 0.3 is 5.97 Å². The summed E-state index contributed by atoms with van der Waals surface area (Å²) >= 11 is 3.01. The molecule has 1 aromatic carbocycles. The Kier molecular flexibility index (Phi) is 3.92. The van der Waals surface area contributed by atoms with Crippen molar-refractivity contribution in [1.82, 2.24) is 0 Å². The fourth-order valence-corrected chi connectivity index (χ4v) is 0.967. The summed E-state index contributed by atoms with van der Waals surface area (Å²) in [5, 5.41) is 0.200. The van der Waals surface area contributed by atoms with Crippen LogP contribution in [0.2, 0.25) is 0 Å². The van der Waals surface area contributed by atoms with Gasteiger partial charge < -0.3 is 10.5 Å². The molecule has 0 aliphatic rings. The molecule has 0 radical (unpaired) electrons. The number of ether oxygens (including phenoxy) is 1. The van der Waals surface area contributed by atoms with Crippen LogP contribution in [0.5, 0.6) is 5.75 Å². The number of alkyl halides is 1. The summed E-state index contributed by atoms with van der Waals surface area (Å²) in [4.78, 5) is 10.8. The Balaban J connectivity index is 2.64. The minimum atomic E-state index is -0.305. The Morgan fingerprint density at radius 3 is 2.46 bits per heavy atom. The highest BCUT2D eigenvalue weighted by Crippen LogP contribution is 2.12. The van der Waals surface area contributed by atoms with E-state index in [0.29, 0.717) is 12.3 Å². The van der Waals surface area contributed by atoms with Crippen LogP contribution in [0.4, 0.5) is 0 Å². The third-order valence-electron chi connectivity index (χ3n) is 1.50. The molecule has 0 heterocycles. The first kappa shape index (κ1) is 10.2. The van der Waals surface area contributed by atoms with Crippen molar-refractivity contribution >= 4 is 21.9 Å². The third-order valence-corrected chi connectivity index (χ3v) is 1.96. The fraction of sp³-hybridized carbons (Fsp3) is 0.222. The van der Waals surface area contributed by atoms with E-state index in [4.69, 9.17) is 10.5 Å². The number of carbonyl (C=O) groups excluding carboxylic acids is 1. The smallest absolute Gasteiger partial charge is 0.321 e. The SMILES string of the molecule is NCc1ccc(OC(=O)CBr)cc1. The van der Waals surface area contributed by atoms with E-state index in [1.165, 1.54) is 0 Å². The number of carbonyl (C=O) groups is 1. The molecular weight excluding hydrogens is 234 g/mol. The van der Waals surface area contributed by atoms with Gasteiger partial charge in [0.1, 0.15) is 11.1 Å². The molecule has 0 aliphatic carbocycles. The van der Waals surface area contributed by atoms with E-state index in [-0.39, 0.29) is 11.3 Å². The quantitative estimate of drug-likeness (QED) is 0.497. The Bertz CT molecular complexity index is 284. The maximum Gasteiger partial charge on any atom is 0.321 e. The molecule has 0 unspecified atom stereocenters. The van der Waals surface area contributed by atoms with Crippen molar-refractivity contribution in [3.05, 3.63) is 29.8 Å². The minimum absolute atomic E-state index is 0.200. The van der Waals surface area contributed by atoms with Crippen molar-refractivity contribution in [2.75, 3.05) is 5.33 Å². The molecule has 0 amide bonds. The molecule has 0 aliphatic heterocycles. The molecule has 1 aromatic rings. The molecule has 4 heteroatoms. The Morgan fingerprint density at radius 2 is 2.00 bits per heavy atom. The highest BCUT2D eigenvalue weighted by atomic mass is 79.9. The summed E-state index contributed by atoms with van der Waals surface area (Å²) in [7, 11) is 0. The van der Waals surface area contributed by atoms with Gasteiger partial charge in [0.05, 0.1) is 0 Å². The molecule has 0 aromatic heterocycles. The maximum absolute atomic E-state index is 10.8. The van der Waals surface area contributed by atoms with Crippen LogP contribution in [-0.4, -0.2) is 11.3 Å². The van der Waals surface area contributed by atoms with Gasteiger partial charge in [0.15, 0.2) is 0 Å². The molecular formula is C9H10BrNO2. The topological polar surface area (TPSA) is 52.3 Å². The van der Waals surface area contributed by atoms with Crippen molar-refractivity contribution in [2.45, 2.75) is 6.54 Å². The number of hydrogen-bond acceptors (Lipinski definition) is 3. The zero-order valence-electron chi connectivity index (χ0n) is 7.00. The Hall–Kier alpha value is -0.870. The van der Waals surface area contributed by atoms with Gasteiger partial charge in [0, 0.05) is 6.54 Å². The van der Waals surface area contributed by atoms with E-state index in [1.807, 2.05) is 12.1 Å². The highest BCUT2D eigenvalue weighted by Gasteiger charge is 2.01. The zero-order valence-corrected chi connectivity index (χ0v) is 8.58. The van der Waals surface area contributed by atoms with Crippen molar-refractivity contribution in [1.29, 1.82) is 0 Å². The highest BCUT2D eigenvalue weighted by molar-refractivity contribution is 9.09. The van der Waals surface area contributed by atoms with Crippen molar-refractivity contribution in [3.8, 4) is 5.75 Å². The molecule has 0 bridgehead atoms. The number of esters is 1. The lowest BCUT2D eigenvalue weighted by molar-refractivity contribution is -0.131. The van der Waals surface area contributed by atoms with Gasteiger partial charge in [0.25, 0.3) is 0 Å². The summed E-state index contributed by atoms with van der Waals surface area (Å²) in [5.41, 5.74) is 6.42. The predicted molar refractivity (Wildman–Crippen MR) is 53.8 cm³/mol. The van der Waals surface area contributed by atoms with E-state index >= 15 is 0 Å². The number of hydrogen-bond donors (Lipinski definition) is 1. The minimum Gasteiger partial charge on any atom is -0.426 e. The van der Waals surface area contributed by atoms with Crippen LogP contribution in [0.25, 0.3) is 0 Å². The largest absolute Gasteiger partial charge is 0.426 e. The molecule has 0 fully saturated rings. The van der Waals surface area contributed by atoms with E-state index < -0.39 is 0 Å². The lowest BCUT2D eigenvalue weighted by atomic mass is 10.2. The normalized spacial score (nSPS) is 9.69. The third kappa shape index (κ3) is 3.16. The number of halogens is 1. The van der Waals surface area contributed by atoms with Crippen LogP contribution in [0.1, 0.15) is 5.56 Å². The second-order valence-electron chi connectivity index (χ2n) is 2.46. The molecule has 70 valence electrons. The van der Waals surface area contributed by atoms with Crippen molar-refractivity contribution < 1.29 is 9.53 Å². The van der Waals surface area contributed by atoms with Crippen LogP contribution in [-0.2, 0) is 11.3 Å². The molecule has 0 atom stereocenters. The Morgan fingerprint density at radius 1 is 1.38 bits per heavy atom. The van der Waals surface area contributed by atoms with Gasteiger partial charge in [-0.15, -0.1) is 0 Å². The first-order valence-electron chi connectivity index (χ1n) is 3.82. The summed E-state index contributed by atoms with van der Waals surface area (Å²) in [6.45, 7) is 0.493. The first-order chi connectivity index (χ1) is 6.26. The maximum atomic E-state index is 10.8. The van der Waals surface area contributed by atoms with Crippen LogP contribution in [0, 0.1) is 0 Å². The summed E-state index contributed by atoms with van der Waals surface area (Å²) < 4.78 is 4.94. The van der Waals surface area contributed by atoms with Gasteiger partial charge in [-0.1, -0.05) is 28.1 Å². The van der Waals surface area contributed by atoms with E-state index in [1.54, 1.807) is 12.1 Å². The van der Waals surface area contributed by atoms with Crippen LogP contribution < -0.4 is 10.5 Å². The molecule has 0 spiro atoms. The van der Waals surface area contributed by atoms with E-state index in [2.05, 4.69) is 15.9 Å². The average Bonchev–Trinajstić information content (AvgIpc) is 2.19. The second kappa shape index (κ2) is 4.99. The van der Waals surface area contributed by atoms with E-state index in [0.717, 1.165) is 5.56 Å². The second-order valence-corrected chi connectivity index (χ2v) is 3.02. The van der Waals surface area contributed by atoms with Gasteiger partial charge in [-0.25, -0.2) is 0 Å². The molecule has 2 N–H and O–H groups in total. The summed E-state index contributed by atoms with van der Waals surface area (Å²) in [5.74, 6) is 0.238. The monoisotopic (exact) mass is 243 g/mol. The summed E-state index contributed by atoms with van der Waals surface area (Å²) in [6, 6.07) is 7.11. The predicted octanol–water partition coefficient (Wildman–Crippen LogP) is 1.45. The number of nitrogens with two attached hydrogens (primary N) is 1. The number of benzene rings is 1. The van der Waals surface area contributed by atoms with Gasteiger partial charge in [-0.2, -0.15) is 0 Å². The fourth-order valence-electron chi connectivity index (χ4n) is 0.852. The van der Waals surface area contributed by atoms with Gasteiger partial charge in [0.2, 0.25) is 0 Å². The van der Waals surface area contributed by atoms with Crippen LogP contribution in [0.15, 0.2) is 24.3 Å². The van der Waals surface area contributed by atoms with Gasteiger partial charge in [-0.3, -0.25) is 4.79 Å². The molecule has 3 nitrogen and oxygen atoms in total. The van der Waals surface area contributed by atoms with Crippen LogP contribution in [0.3, 0.4) is 0 Å². The first-order valence-corrected chi connectivity index (χ1v) is 4.94. The lowest BCUT2D eigenvalue weighted by Crippen LogP contribution is -2.08. The van der Waals surface area contributed by atoms with Gasteiger partial charge in [-0.05, 0) is 17.7 Å². The molecule has 13 heavy (non-hydrogen) atoms. The standard InChI is InChI=1S/C9H10BrNO2/c10-5-9(12)13-8-3-1-7(6-11)2-4-8/h1-4H,5-6,11H2. The zero-order chi connectivity index (χ0) is 9.68. The Labute approximate surface area is 85.0 Å². The average molecular weight is 244 g/mol. The molecule has 0 saturated carbocycles. The van der Waals surface area contributed by atoms with Crippen LogP contribution >= 0.6 is 15.9 Å². The molecule has 1 rings (SSSR count). The van der Waals surface area contributed by atoms with E-state index in [9.17, 15) is 4.79 Å². The van der Waals surface area contributed by atoms with Crippen molar-refractivity contribution in [3.63, 3.8) is 0 Å². The lowest BCUT2D eigenvalue weighted by Gasteiger charge is -2.02.